The summed E-state index contributed by atoms with van der Waals surface area (Å²) in [5.41, 5.74) is -0.759. The molecule has 2 aliphatic heterocycles. The Morgan fingerprint density at radius 2 is 1.91 bits per heavy atom. The lowest BCUT2D eigenvalue weighted by molar-refractivity contribution is -0.383. The topological polar surface area (TPSA) is 150 Å². The van der Waals surface area contributed by atoms with Crippen LogP contribution in [0.4, 0.5) is 23.1 Å². The van der Waals surface area contributed by atoms with Crippen LogP contribution in [0.3, 0.4) is 0 Å². The van der Waals surface area contributed by atoms with Crippen molar-refractivity contribution < 1.29 is 14.5 Å². The number of nitrogens with one attached hydrogen (secondary N) is 3. The molecule has 1 aromatic heterocycles. The minimum absolute atomic E-state index is 0.00710. The maximum Gasteiger partial charge on any atom is 0.292 e. The Morgan fingerprint density at radius 1 is 1.22 bits per heavy atom. The second-order valence-corrected chi connectivity index (χ2v) is 8.57. The normalized spacial score (nSPS) is 22.6. The van der Waals surface area contributed by atoms with Crippen LogP contribution in [0.25, 0.3) is 0 Å². The molecule has 32 heavy (non-hydrogen) atoms. The Labute approximate surface area is 183 Å². The van der Waals surface area contributed by atoms with Gasteiger partial charge >= 0.3 is 0 Å². The molecule has 1 fully saturated rings. The SMILES string of the molecule is C[C@@H]1C[C@H](C)CN(c2nc3c(c(=O)[nH]2)[C@H](C(=O)Nc2ccccc2[N+](=O)[O-])CC(=O)N3)C1. The van der Waals surface area contributed by atoms with Crippen molar-refractivity contribution in [2.45, 2.75) is 32.6 Å². The van der Waals surface area contributed by atoms with Crippen LogP contribution in [0, 0.1) is 22.0 Å². The molecule has 3 N–H and O–H groups in total. The molecule has 0 spiro atoms. The zero-order valence-corrected chi connectivity index (χ0v) is 17.8. The molecule has 4 rings (SSSR count). The van der Waals surface area contributed by atoms with Crippen molar-refractivity contribution in [3.05, 3.63) is 50.3 Å². The summed E-state index contributed by atoms with van der Waals surface area (Å²) in [6, 6.07) is 5.68. The van der Waals surface area contributed by atoms with Gasteiger partial charge in [-0.05, 0) is 24.3 Å². The number of hydrogen-bond acceptors (Lipinski definition) is 7. The number of nitro benzene ring substituents is 1. The molecule has 1 aromatic carbocycles. The highest BCUT2D eigenvalue weighted by Crippen LogP contribution is 2.32. The number of aromatic amines is 1. The predicted octanol–water partition coefficient (Wildman–Crippen LogP) is 2.22. The maximum absolute atomic E-state index is 13.0. The lowest BCUT2D eigenvalue weighted by Crippen LogP contribution is -2.42. The average molecular weight is 440 g/mol. The number of nitrogens with zero attached hydrogens (tertiary/aromatic N) is 3. The Hall–Kier alpha value is -3.76. The van der Waals surface area contributed by atoms with Gasteiger partial charge in [-0.15, -0.1) is 0 Å². The molecule has 0 unspecified atom stereocenters. The number of carbonyl (C=O) groups is 2. The van der Waals surface area contributed by atoms with Crippen molar-refractivity contribution in [1.29, 1.82) is 0 Å². The molecular weight excluding hydrogens is 416 g/mol. The molecule has 0 radical (unpaired) electrons. The van der Waals surface area contributed by atoms with Gasteiger partial charge in [0.05, 0.1) is 16.4 Å². The number of carbonyl (C=O) groups excluding carboxylic acids is 2. The summed E-state index contributed by atoms with van der Waals surface area (Å²) in [7, 11) is 0. The minimum atomic E-state index is -1.12. The van der Waals surface area contributed by atoms with E-state index >= 15 is 0 Å². The lowest BCUT2D eigenvalue weighted by atomic mass is 9.91. The van der Waals surface area contributed by atoms with Crippen LogP contribution in [0.5, 0.6) is 0 Å². The van der Waals surface area contributed by atoms with E-state index in [0.29, 0.717) is 17.8 Å². The monoisotopic (exact) mass is 440 g/mol. The Kier molecular flexibility index (Phi) is 5.64. The Bertz CT molecular complexity index is 1140. The zero-order valence-electron chi connectivity index (χ0n) is 17.8. The molecule has 11 nitrogen and oxygen atoms in total. The van der Waals surface area contributed by atoms with E-state index in [2.05, 4.69) is 34.4 Å². The van der Waals surface area contributed by atoms with Crippen LogP contribution in [-0.2, 0) is 9.59 Å². The number of benzene rings is 1. The van der Waals surface area contributed by atoms with Crippen LogP contribution < -0.4 is 21.1 Å². The fourth-order valence-electron chi connectivity index (χ4n) is 4.53. The quantitative estimate of drug-likeness (QED) is 0.487. The van der Waals surface area contributed by atoms with Crippen molar-refractivity contribution in [2.24, 2.45) is 11.8 Å². The van der Waals surface area contributed by atoms with Crippen molar-refractivity contribution >= 4 is 35.0 Å². The number of amides is 2. The number of para-hydroxylation sites is 2. The third kappa shape index (κ3) is 4.18. The number of fused-ring (bicyclic) bond motifs is 1. The summed E-state index contributed by atoms with van der Waals surface area (Å²) in [4.78, 5) is 58.1. The summed E-state index contributed by atoms with van der Waals surface area (Å²) in [5, 5.41) is 16.3. The third-order valence-corrected chi connectivity index (χ3v) is 5.78. The van der Waals surface area contributed by atoms with E-state index in [9.17, 15) is 24.5 Å². The van der Waals surface area contributed by atoms with Gasteiger partial charge in [-0.25, -0.2) is 0 Å². The second-order valence-electron chi connectivity index (χ2n) is 8.57. The number of rotatable bonds is 4. The molecule has 168 valence electrons. The summed E-state index contributed by atoms with van der Waals surface area (Å²) in [5.74, 6) is -1.01. The molecule has 0 aliphatic carbocycles. The van der Waals surface area contributed by atoms with Crippen molar-refractivity contribution in [3.63, 3.8) is 0 Å². The van der Waals surface area contributed by atoms with Crippen LogP contribution in [0.1, 0.15) is 38.2 Å². The van der Waals surface area contributed by atoms with Gasteiger partial charge in [0.1, 0.15) is 11.5 Å². The van der Waals surface area contributed by atoms with Gasteiger partial charge in [0, 0.05) is 25.6 Å². The van der Waals surface area contributed by atoms with E-state index in [0.717, 1.165) is 19.5 Å². The van der Waals surface area contributed by atoms with Gasteiger partial charge in [0.2, 0.25) is 17.8 Å². The van der Waals surface area contributed by atoms with Gasteiger partial charge in [-0.3, -0.25) is 29.5 Å². The molecule has 3 heterocycles. The first kappa shape index (κ1) is 21.5. The number of anilines is 3. The zero-order chi connectivity index (χ0) is 23.0. The van der Waals surface area contributed by atoms with Crippen LogP contribution in [0.2, 0.25) is 0 Å². The highest BCUT2D eigenvalue weighted by atomic mass is 16.6. The van der Waals surface area contributed by atoms with Gasteiger partial charge in [0.25, 0.3) is 11.2 Å². The standard InChI is InChI=1S/C21H24N6O5/c1-11-7-12(2)10-26(9-11)21-24-18-17(20(30)25-21)13(8-16(28)23-18)19(29)22-14-5-3-4-6-15(14)27(31)32/h3-6,11-13H,7-10H2,1-2H3,(H,22,29)(H2,23,24,25,28,30)/t11-,12+,13-/m1/s1. The number of H-pyrrole nitrogens is 1. The highest BCUT2D eigenvalue weighted by molar-refractivity contribution is 6.05. The molecule has 2 aromatic rings. The van der Waals surface area contributed by atoms with E-state index < -0.39 is 28.2 Å². The maximum atomic E-state index is 13.0. The first-order valence-corrected chi connectivity index (χ1v) is 10.5. The fraction of sp³-hybridized carbons (Fsp3) is 0.429. The van der Waals surface area contributed by atoms with Gasteiger partial charge in [0.15, 0.2) is 0 Å². The largest absolute Gasteiger partial charge is 0.342 e. The van der Waals surface area contributed by atoms with E-state index in [-0.39, 0.29) is 29.2 Å². The number of hydrogen-bond donors (Lipinski definition) is 3. The summed E-state index contributed by atoms with van der Waals surface area (Å²) in [6.07, 6.45) is 0.817. The van der Waals surface area contributed by atoms with E-state index in [1.165, 1.54) is 18.2 Å². The molecule has 3 atom stereocenters. The first-order chi connectivity index (χ1) is 15.2. The lowest BCUT2D eigenvalue weighted by Gasteiger charge is -2.35. The number of aromatic nitrogens is 2. The van der Waals surface area contributed by atoms with Crippen molar-refractivity contribution in [3.8, 4) is 0 Å². The summed E-state index contributed by atoms with van der Waals surface area (Å²) < 4.78 is 0. The smallest absolute Gasteiger partial charge is 0.292 e. The third-order valence-electron chi connectivity index (χ3n) is 5.78. The molecule has 0 saturated carbocycles. The van der Waals surface area contributed by atoms with Gasteiger partial charge in [-0.2, -0.15) is 4.98 Å². The molecule has 1 saturated heterocycles. The second kappa shape index (κ2) is 8.40. The number of piperidine rings is 1. The van der Waals surface area contributed by atoms with E-state index in [4.69, 9.17) is 0 Å². The Balaban J connectivity index is 1.66. The molecule has 0 bridgehead atoms. The highest BCUT2D eigenvalue weighted by Gasteiger charge is 2.36. The molecule has 2 aliphatic rings. The van der Waals surface area contributed by atoms with Crippen LogP contribution in [-0.4, -0.2) is 39.8 Å². The van der Waals surface area contributed by atoms with Gasteiger partial charge in [-0.1, -0.05) is 26.0 Å². The molecular formula is C21H24N6O5. The summed E-state index contributed by atoms with van der Waals surface area (Å²) in [6.45, 7) is 5.71. The van der Waals surface area contributed by atoms with Crippen molar-refractivity contribution in [2.75, 3.05) is 28.6 Å². The molecule has 2 amide bonds. The van der Waals surface area contributed by atoms with Crippen LogP contribution in [0.15, 0.2) is 29.1 Å². The molecule has 11 heteroatoms. The minimum Gasteiger partial charge on any atom is -0.342 e. The van der Waals surface area contributed by atoms with Gasteiger partial charge < -0.3 is 15.5 Å². The average Bonchev–Trinajstić information content (AvgIpc) is 2.72. The van der Waals surface area contributed by atoms with Crippen molar-refractivity contribution in [1.82, 2.24) is 9.97 Å². The first-order valence-electron chi connectivity index (χ1n) is 10.5. The fourth-order valence-corrected chi connectivity index (χ4v) is 4.53. The summed E-state index contributed by atoms with van der Waals surface area (Å²) >= 11 is 0. The predicted molar refractivity (Wildman–Crippen MR) is 118 cm³/mol. The van der Waals surface area contributed by atoms with E-state index in [1.54, 1.807) is 6.07 Å². The van der Waals surface area contributed by atoms with Crippen LogP contribution >= 0.6 is 0 Å². The number of nitro groups is 1. The Morgan fingerprint density at radius 3 is 2.59 bits per heavy atom. The van der Waals surface area contributed by atoms with E-state index in [1.807, 2.05) is 4.90 Å².